The third-order valence-corrected chi connectivity index (χ3v) is 2.73. The first-order valence-electron chi connectivity index (χ1n) is 6.70. The van der Waals surface area contributed by atoms with Crippen LogP contribution in [0.1, 0.15) is 36.7 Å². The molecule has 104 valence electrons. The van der Waals surface area contributed by atoms with Crippen LogP contribution in [0.4, 0.5) is 0 Å². The summed E-state index contributed by atoms with van der Waals surface area (Å²) in [6.45, 7) is 6.39. The number of carbonyl (C=O) groups excluding carboxylic acids is 1. The third-order valence-electron chi connectivity index (χ3n) is 2.73. The summed E-state index contributed by atoms with van der Waals surface area (Å²) in [4.78, 5) is 11.9. The van der Waals surface area contributed by atoms with Crippen LogP contribution in [-0.4, -0.2) is 11.6 Å². The smallest absolute Gasteiger partial charge is 0.338 e. The summed E-state index contributed by atoms with van der Waals surface area (Å²) >= 11 is 0. The summed E-state index contributed by atoms with van der Waals surface area (Å²) in [6, 6.07) is 13.5. The van der Waals surface area contributed by atoms with E-state index in [4.69, 9.17) is 4.74 Å². The van der Waals surface area contributed by atoms with Gasteiger partial charge in [-0.1, -0.05) is 18.2 Å². The van der Waals surface area contributed by atoms with E-state index in [1.165, 1.54) is 0 Å². The molecule has 0 radical (unpaired) electrons. The number of esters is 1. The Bertz CT molecular complexity index is 568. The Balaban J connectivity index is 2.05. The highest BCUT2D eigenvalue weighted by Crippen LogP contribution is 2.12. The molecule has 0 spiro atoms. The average molecular weight is 270 g/mol. The number of rotatable bonds is 3. The van der Waals surface area contributed by atoms with E-state index in [2.05, 4.69) is 4.57 Å². The Morgan fingerprint density at radius 2 is 1.65 bits per heavy atom. The Morgan fingerprint density at radius 3 is 2.20 bits per heavy atom. The van der Waals surface area contributed by atoms with Gasteiger partial charge in [-0.3, -0.25) is 0 Å². The van der Waals surface area contributed by atoms with Crippen molar-refractivity contribution in [2.45, 2.75) is 32.9 Å². The van der Waals surface area contributed by atoms with E-state index in [-0.39, 0.29) is 5.97 Å². The van der Waals surface area contributed by atoms with Crippen LogP contribution in [0.25, 0.3) is 0 Å². The van der Waals surface area contributed by atoms with Crippen LogP contribution in [-0.2, 0) is 11.3 Å². The van der Waals surface area contributed by atoms with Gasteiger partial charge in [0.05, 0.1) is 5.56 Å². The van der Waals surface area contributed by atoms with Crippen molar-refractivity contribution in [3.8, 4) is 0 Å². The number of hydrogen-bond donors (Lipinski definition) is 0. The minimum atomic E-state index is -0.463. The Hall–Kier alpha value is -2.16. The second-order valence-corrected chi connectivity index (χ2v) is 5.75. The molecule has 2 rings (SSSR count). The predicted molar refractivity (Wildman–Crippen MR) is 77.3 cm³/mol. The molecule has 2 aromatic rings. The molecule has 3 nitrogen and oxygen atoms in total. The lowest BCUT2D eigenvalue weighted by Gasteiger charge is -2.19. The summed E-state index contributed by atoms with van der Waals surface area (Å²) in [5.41, 5.74) is 1.27. The molecule has 0 aliphatic carbocycles. The van der Waals surface area contributed by atoms with Gasteiger partial charge in [0.2, 0.25) is 0 Å². The molecule has 1 aromatic heterocycles. The zero-order valence-corrected chi connectivity index (χ0v) is 12.2. The van der Waals surface area contributed by atoms with Crippen molar-refractivity contribution in [1.29, 1.82) is 0 Å². The van der Waals surface area contributed by atoms with E-state index in [0.29, 0.717) is 5.56 Å². The first kappa shape index (κ1) is 14.3. The van der Waals surface area contributed by atoms with Gasteiger partial charge in [-0.2, -0.15) is 0 Å². The number of nitrogens with zero attached hydrogens (tertiary/aromatic N) is 1. The zero-order valence-electron chi connectivity index (χ0n) is 12.2. The van der Waals surface area contributed by atoms with Crippen LogP contribution in [0.3, 0.4) is 0 Å². The minimum Gasteiger partial charge on any atom is -0.456 e. The van der Waals surface area contributed by atoms with Crippen LogP contribution in [0, 0.1) is 0 Å². The SMILES string of the molecule is CC(C)(C)OC(=O)c1ccc(C[n+]2ccccc2)cc1. The van der Waals surface area contributed by atoms with Crippen molar-refractivity contribution in [3.05, 3.63) is 66.0 Å². The molecule has 1 aromatic carbocycles. The number of carbonyl (C=O) groups is 1. The fraction of sp³-hybridized carbons (Fsp3) is 0.294. The zero-order chi connectivity index (χ0) is 14.6. The third kappa shape index (κ3) is 4.19. The number of hydrogen-bond acceptors (Lipinski definition) is 2. The van der Waals surface area contributed by atoms with Crippen molar-refractivity contribution in [2.24, 2.45) is 0 Å². The fourth-order valence-electron chi connectivity index (χ4n) is 1.83. The van der Waals surface area contributed by atoms with Crippen molar-refractivity contribution in [1.82, 2.24) is 0 Å². The topological polar surface area (TPSA) is 30.2 Å². The number of pyridine rings is 1. The van der Waals surface area contributed by atoms with Gasteiger partial charge in [0.15, 0.2) is 18.9 Å². The maximum atomic E-state index is 11.9. The largest absolute Gasteiger partial charge is 0.456 e. The van der Waals surface area contributed by atoms with Crippen molar-refractivity contribution in [3.63, 3.8) is 0 Å². The monoisotopic (exact) mass is 270 g/mol. The van der Waals surface area contributed by atoms with Crippen molar-refractivity contribution < 1.29 is 14.1 Å². The molecule has 0 fully saturated rings. The van der Waals surface area contributed by atoms with E-state index >= 15 is 0 Å². The molecular weight excluding hydrogens is 250 g/mol. The van der Waals surface area contributed by atoms with Gasteiger partial charge in [0, 0.05) is 17.7 Å². The van der Waals surface area contributed by atoms with Crippen LogP contribution >= 0.6 is 0 Å². The molecule has 0 saturated carbocycles. The van der Waals surface area contributed by atoms with Gasteiger partial charge >= 0.3 is 5.97 Å². The van der Waals surface area contributed by atoms with E-state index in [1.54, 1.807) is 0 Å². The number of benzene rings is 1. The molecule has 0 aliphatic heterocycles. The quantitative estimate of drug-likeness (QED) is 0.634. The molecule has 0 bridgehead atoms. The Labute approximate surface area is 119 Å². The summed E-state index contributed by atoms with van der Waals surface area (Å²) in [5.74, 6) is -0.281. The summed E-state index contributed by atoms with van der Waals surface area (Å²) in [5, 5.41) is 0. The van der Waals surface area contributed by atoms with E-state index < -0.39 is 5.60 Å². The normalized spacial score (nSPS) is 11.2. The molecule has 0 unspecified atom stereocenters. The lowest BCUT2D eigenvalue weighted by Crippen LogP contribution is -2.32. The molecule has 20 heavy (non-hydrogen) atoms. The fourth-order valence-corrected chi connectivity index (χ4v) is 1.83. The lowest BCUT2D eigenvalue weighted by molar-refractivity contribution is -0.688. The molecule has 0 N–H and O–H groups in total. The first-order valence-corrected chi connectivity index (χ1v) is 6.70. The summed E-state index contributed by atoms with van der Waals surface area (Å²) in [7, 11) is 0. The van der Waals surface area contributed by atoms with Gasteiger partial charge in [-0.15, -0.1) is 0 Å². The second kappa shape index (κ2) is 5.87. The summed E-state index contributed by atoms with van der Waals surface area (Å²) in [6.07, 6.45) is 4.03. The maximum absolute atomic E-state index is 11.9. The molecule has 1 heterocycles. The van der Waals surface area contributed by atoms with Crippen LogP contribution in [0.2, 0.25) is 0 Å². The van der Waals surface area contributed by atoms with Gasteiger partial charge in [-0.25, -0.2) is 9.36 Å². The number of aromatic nitrogens is 1. The molecule has 0 saturated heterocycles. The average Bonchev–Trinajstić information content (AvgIpc) is 2.39. The van der Waals surface area contributed by atoms with Crippen molar-refractivity contribution in [2.75, 3.05) is 0 Å². The van der Waals surface area contributed by atoms with Gasteiger partial charge < -0.3 is 4.74 Å². The highest BCUT2D eigenvalue weighted by atomic mass is 16.6. The van der Waals surface area contributed by atoms with Gasteiger partial charge in [0.25, 0.3) is 0 Å². The molecule has 0 aliphatic rings. The molecule has 0 amide bonds. The van der Waals surface area contributed by atoms with E-state index in [1.807, 2.05) is 75.6 Å². The van der Waals surface area contributed by atoms with E-state index in [0.717, 1.165) is 12.1 Å². The number of ether oxygens (including phenoxy) is 1. The van der Waals surface area contributed by atoms with Crippen LogP contribution in [0.5, 0.6) is 0 Å². The standard InChI is InChI=1S/C17H20NO2/c1-17(2,3)20-16(19)15-9-7-14(8-10-15)13-18-11-5-4-6-12-18/h4-12H,13H2,1-3H3/q+1. The Kier molecular flexibility index (Phi) is 4.18. The lowest BCUT2D eigenvalue weighted by atomic mass is 10.1. The van der Waals surface area contributed by atoms with Crippen LogP contribution in [0.15, 0.2) is 54.9 Å². The molecular formula is C17H20NO2+. The first-order chi connectivity index (χ1) is 9.44. The predicted octanol–water partition coefficient (Wildman–Crippen LogP) is 2.98. The Morgan fingerprint density at radius 1 is 1.05 bits per heavy atom. The van der Waals surface area contributed by atoms with Crippen molar-refractivity contribution >= 4 is 5.97 Å². The van der Waals surface area contributed by atoms with E-state index in [9.17, 15) is 4.79 Å². The van der Waals surface area contributed by atoms with Gasteiger partial charge in [0.1, 0.15) is 5.60 Å². The molecule has 0 atom stereocenters. The molecule has 3 heteroatoms. The second-order valence-electron chi connectivity index (χ2n) is 5.75. The highest BCUT2D eigenvalue weighted by molar-refractivity contribution is 5.89. The summed E-state index contributed by atoms with van der Waals surface area (Å²) < 4.78 is 7.42. The van der Waals surface area contributed by atoms with Gasteiger partial charge in [-0.05, 0) is 32.9 Å². The maximum Gasteiger partial charge on any atom is 0.338 e. The van der Waals surface area contributed by atoms with Crippen LogP contribution < -0.4 is 4.57 Å². The minimum absolute atomic E-state index is 0.281. The highest BCUT2D eigenvalue weighted by Gasteiger charge is 2.17.